The smallest absolute Gasteiger partial charge is 0.120 e. The molecule has 1 aromatic heterocycles. The molecule has 0 bridgehead atoms. The van der Waals surface area contributed by atoms with Gasteiger partial charge >= 0.3 is 0 Å². The van der Waals surface area contributed by atoms with E-state index < -0.39 is 0 Å². The predicted octanol–water partition coefficient (Wildman–Crippen LogP) is 4.31. The third kappa shape index (κ3) is 2.82. The largest absolute Gasteiger partial charge is 0.465 e. The molecule has 1 heterocycles. The number of hydrogen-bond acceptors (Lipinski definition) is 2. The van der Waals surface area contributed by atoms with Crippen molar-refractivity contribution in [3.63, 3.8) is 0 Å². The fraction of sp³-hybridized carbons (Fsp3) is 0.375. The minimum Gasteiger partial charge on any atom is -0.465 e. The predicted molar refractivity (Wildman–Crippen MR) is 74.6 cm³/mol. The Morgan fingerprint density at radius 1 is 0.944 bits per heavy atom. The highest BCUT2D eigenvalue weighted by Gasteiger charge is 2.14. The number of hydrogen-bond donors (Lipinski definition) is 1. The van der Waals surface area contributed by atoms with Crippen LogP contribution in [0.15, 0.2) is 40.8 Å². The molecule has 2 rings (SSSR count). The summed E-state index contributed by atoms with van der Waals surface area (Å²) in [6.45, 7) is 8.44. The van der Waals surface area contributed by atoms with Gasteiger partial charge in [0.1, 0.15) is 11.5 Å². The molecule has 1 N–H and O–H groups in total. The third-order valence-corrected chi connectivity index (χ3v) is 3.34. The number of benzene rings is 1. The third-order valence-electron chi connectivity index (χ3n) is 3.34. The highest BCUT2D eigenvalue weighted by molar-refractivity contribution is 5.28. The Bertz CT molecular complexity index is 515. The molecule has 2 nitrogen and oxygen atoms in total. The van der Waals surface area contributed by atoms with Gasteiger partial charge in [0.25, 0.3) is 0 Å². The van der Waals surface area contributed by atoms with Crippen molar-refractivity contribution in [2.75, 3.05) is 0 Å². The lowest BCUT2D eigenvalue weighted by atomic mass is 10.0. The van der Waals surface area contributed by atoms with Gasteiger partial charge in [0, 0.05) is 6.04 Å². The molecule has 0 aliphatic carbocycles. The van der Waals surface area contributed by atoms with E-state index in [2.05, 4.69) is 50.4 Å². The second-order valence-electron chi connectivity index (χ2n) is 4.92. The van der Waals surface area contributed by atoms with Crippen LogP contribution in [0, 0.1) is 13.8 Å². The fourth-order valence-electron chi connectivity index (χ4n) is 2.31. The molecule has 0 saturated heterocycles. The molecule has 18 heavy (non-hydrogen) atoms. The van der Waals surface area contributed by atoms with Crippen molar-refractivity contribution < 1.29 is 4.42 Å². The Balaban J connectivity index is 2.08. The van der Waals surface area contributed by atoms with Crippen LogP contribution >= 0.6 is 0 Å². The molecule has 2 aromatic rings. The summed E-state index contributed by atoms with van der Waals surface area (Å²) in [6, 6.07) is 13.1. The Morgan fingerprint density at radius 3 is 2.28 bits per heavy atom. The zero-order valence-corrected chi connectivity index (χ0v) is 11.5. The van der Waals surface area contributed by atoms with Crippen molar-refractivity contribution in [1.82, 2.24) is 5.32 Å². The van der Waals surface area contributed by atoms with Crippen LogP contribution in [0.1, 0.15) is 48.6 Å². The van der Waals surface area contributed by atoms with Crippen LogP contribution < -0.4 is 5.32 Å². The molecular formula is C16H21NO. The Hall–Kier alpha value is -1.54. The van der Waals surface area contributed by atoms with Crippen LogP contribution in [0.2, 0.25) is 0 Å². The molecule has 0 saturated carbocycles. The van der Waals surface area contributed by atoms with Crippen molar-refractivity contribution in [3.8, 4) is 0 Å². The Labute approximate surface area is 109 Å². The van der Waals surface area contributed by atoms with E-state index in [1.165, 1.54) is 11.1 Å². The lowest BCUT2D eigenvalue weighted by Crippen LogP contribution is -2.22. The minimum atomic E-state index is 0.216. The van der Waals surface area contributed by atoms with Gasteiger partial charge in [0.2, 0.25) is 0 Å². The average molecular weight is 243 g/mol. The molecule has 1 unspecified atom stereocenters. The first-order chi connectivity index (χ1) is 8.58. The quantitative estimate of drug-likeness (QED) is 0.865. The van der Waals surface area contributed by atoms with Crippen LogP contribution in [-0.2, 0) is 0 Å². The van der Waals surface area contributed by atoms with E-state index in [1.807, 2.05) is 19.1 Å². The Morgan fingerprint density at radius 2 is 1.67 bits per heavy atom. The van der Waals surface area contributed by atoms with E-state index in [1.54, 1.807) is 0 Å². The summed E-state index contributed by atoms with van der Waals surface area (Å²) < 4.78 is 5.65. The minimum absolute atomic E-state index is 0.216. The van der Waals surface area contributed by atoms with Crippen LogP contribution in [0.4, 0.5) is 0 Å². The fourth-order valence-corrected chi connectivity index (χ4v) is 2.31. The lowest BCUT2D eigenvalue weighted by Gasteiger charge is -2.20. The monoisotopic (exact) mass is 243 g/mol. The molecule has 0 spiro atoms. The molecule has 0 aliphatic rings. The summed E-state index contributed by atoms with van der Waals surface area (Å²) in [5, 5.41) is 3.57. The summed E-state index contributed by atoms with van der Waals surface area (Å²) in [5.74, 6) is 1.95. The van der Waals surface area contributed by atoms with E-state index in [0.29, 0.717) is 6.04 Å². The summed E-state index contributed by atoms with van der Waals surface area (Å²) in [7, 11) is 0. The molecule has 0 fully saturated rings. The summed E-state index contributed by atoms with van der Waals surface area (Å²) >= 11 is 0. The maximum absolute atomic E-state index is 5.65. The topological polar surface area (TPSA) is 25.2 Å². The first kappa shape index (κ1) is 12.9. The van der Waals surface area contributed by atoms with Crippen LogP contribution in [-0.4, -0.2) is 0 Å². The number of aryl methyl sites for hydroxylation is 2. The number of rotatable bonds is 4. The van der Waals surface area contributed by atoms with Gasteiger partial charge in [-0.25, -0.2) is 0 Å². The average Bonchev–Trinajstić information content (AvgIpc) is 2.76. The lowest BCUT2D eigenvalue weighted by molar-refractivity contribution is 0.392. The molecule has 1 aromatic carbocycles. The van der Waals surface area contributed by atoms with Gasteiger partial charge in [-0.05, 0) is 51.0 Å². The second-order valence-corrected chi connectivity index (χ2v) is 4.92. The molecule has 0 aliphatic heterocycles. The van der Waals surface area contributed by atoms with E-state index >= 15 is 0 Å². The summed E-state index contributed by atoms with van der Waals surface area (Å²) in [5.41, 5.74) is 2.66. The maximum Gasteiger partial charge on any atom is 0.120 e. The van der Waals surface area contributed by atoms with E-state index in [0.717, 1.165) is 11.5 Å². The van der Waals surface area contributed by atoms with Gasteiger partial charge in [-0.2, -0.15) is 0 Å². The van der Waals surface area contributed by atoms with Crippen molar-refractivity contribution in [3.05, 3.63) is 59.0 Å². The van der Waals surface area contributed by atoms with Crippen molar-refractivity contribution in [2.24, 2.45) is 0 Å². The van der Waals surface area contributed by atoms with E-state index in [9.17, 15) is 0 Å². The highest BCUT2D eigenvalue weighted by atomic mass is 16.3. The van der Waals surface area contributed by atoms with Gasteiger partial charge < -0.3 is 9.73 Å². The van der Waals surface area contributed by atoms with Gasteiger partial charge in [0.15, 0.2) is 0 Å². The van der Waals surface area contributed by atoms with Crippen LogP contribution in [0.5, 0.6) is 0 Å². The van der Waals surface area contributed by atoms with Crippen molar-refractivity contribution >= 4 is 0 Å². The van der Waals surface area contributed by atoms with Crippen LogP contribution in [0.25, 0.3) is 0 Å². The SMILES string of the molecule is Cc1ccc(C(C)N[C@H](C)c2ccccc2C)o1. The first-order valence-corrected chi connectivity index (χ1v) is 6.46. The standard InChI is InChI=1S/C16H21NO/c1-11-7-5-6-8-15(11)13(3)17-14(4)16-10-9-12(2)18-16/h5-10,13-14,17H,1-4H3/t13-,14?/m1/s1. The van der Waals surface area contributed by atoms with E-state index in [4.69, 9.17) is 4.42 Å². The molecule has 0 amide bonds. The Kier molecular flexibility index (Phi) is 3.87. The normalized spacial score (nSPS) is 14.4. The van der Waals surface area contributed by atoms with Crippen LogP contribution in [0.3, 0.4) is 0 Å². The van der Waals surface area contributed by atoms with E-state index in [-0.39, 0.29) is 6.04 Å². The summed E-state index contributed by atoms with van der Waals surface area (Å²) in [6.07, 6.45) is 0. The molecule has 2 heteroatoms. The van der Waals surface area contributed by atoms with Gasteiger partial charge in [0.05, 0.1) is 6.04 Å². The number of nitrogens with one attached hydrogen (secondary N) is 1. The zero-order valence-electron chi connectivity index (χ0n) is 11.5. The first-order valence-electron chi connectivity index (χ1n) is 6.46. The summed E-state index contributed by atoms with van der Waals surface area (Å²) in [4.78, 5) is 0. The van der Waals surface area contributed by atoms with Gasteiger partial charge in [-0.3, -0.25) is 0 Å². The molecule has 96 valence electrons. The molecule has 2 atom stereocenters. The highest BCUT2D eigenvalue weighted by Crippen LogP contribution is 2.22. The molecule has 0 radical (unpaired) electrons. The van der Waals surface area contributed by atoms with Crippen molar-refractivity contribution in [1.29, 1.82) is 0 Å². The zero-order chi connectivity index (χ0) is 13.1. The second kappa shape index (κ2) is 5.40. The number of furan rings is 1. The maximum atomic E-state index is 5.65. The van der Waals surface area contributed by atoms with Crippen molar-refractivity contribution in [2.45, 2.75) is 39.8 Å². The molecular weight excluding hydrogens is 222 g/mol. The van der Waals surface area contributed by atoms with Gasteiger partial charge in [-0.1, -0.05) is 24.3 Å². The van der Waals surface area contributed by atoms with Gasteiger partial charge in [-0.15, -0.1) is 0 Å².